The van der Waals surface area contributed by atoms with Gasteiger partial charge in [-0.3, -0.25) is 9.79 Å². The molecule has 1 amide bonds. The number of phenolic OH excluding ortho intramolecular Hbond substituents is 1. The number of nitrogens with zero attached hydrogens (tertiary/aromatic N) is 1. The summed E-state index contributed by atoms with van der Waals surface area (Å²) in [5, 5.41) is 13.5. The molecular formula is C18H16Cl2N2O2. The molecule has 0 fully saturated rings. The molecule has 0 aliphatic rings. The summed E-state index contributed by atoms with van der Waals surface area (Å²) in [4.78, 5) is 15.5. The number of halogens is 2. The van der Waals surface area contributed by atoms with Crippen LogP contribution < -0.4 is 5.32 Å². The van der Waals surface area contributed by atoms with Crippen LogP contribution in [0.4, 0.5) is 11.4 Å². The molecule has 0 radical (unpaired) electrons. The van der Waals surface area contributed by atoms with Crippen LogP contribution in [-0.4, -0.2) is 17.2 Å². The highest BCUT2D eigenvalue weighted by molar-refractivity contribution is 6.38. The number of benzene rings is 2. The highest BCUT2D eigenvalue weighted by Gasteiger charge is 2.09. The van der Waals surface area contributed by atoms with Gasteiger partial charge in [0.1, 0.15) is 5.75 Å². The number of hydrogen-bond donors (Lipinski definition) is 2. The fourth-order valence-corrected chi connectivity index (χ4v) is 2.58. The summed E-state index contributed by atoms with van der Waals surface area (Å²) >= 11 is 12.2. The van der Waals surface area contributed by atoms with Crippen LogP contribution in [0.5, 0.6) is 5.75 Å². The smallest absolute Gasteiger partial charge is 0.221 e. The normalized spacial score (nSPS) is 10.8. The van der Waals surface area contributed by atoms with Gasteiger partial charge in [0.2, 0.25) is 5.91 Å². The summed E-state index contributed by atoms with van der Waals surface area (Å²) in [6, 6.07) is 8.47. The molecule has 2 aromatic carbocycles. The lowest BCUT2D eigenvalue weighted by Crippen LogP contribution is -2.06. The molecule has 0 unspecified atom stereocenters. The fraction of sp³-hybridized carbons (Fsp3) is 0.111. The van der Waals surface area contributed by atoms with Crippen molar-refractivity contribution in [2.24, 2.45) is 4.99 Å². The predicted molar refractivity (Wildman–Crippen MR) is 100 cm³/mol. The lowest BCUT2D eigenvalue weighted by atomic mass is 10.1. The maximum absolute atomic E-state index is 11.2. The van der Waals surface area contributed by atoms with E-state index in [0.29, 0.717) is 33.4 Å². The Bertz CT molecular complexity index is 817. The topological polar surface area (TPSA) is 61.7 Å². The lowest BCUT2D eigenvalue weighted by Gasteiger charge is -2.08. The van der Waals surface area contributed by atoms with E-state index in [1.54, 1.807) is 18.2 Å². The summed E-state index contributed by atoms with van der Waals surface area (Å²) < 4.78 is 0. The third kappa shape index (κ3) is 4.37. The van der Waals surface area contributed by atoms with Gasteiger partial charge in [-0.2, -0.15) is 0 Å². The van der Waals surface area contributed by atoms with E-state index in [1.165, 1.54) is 19.2 Å². The number of carbonyl (C=O) groups excluding carboxylic acids is 1. The Morgan fingerprint density at radius 2 is 2.08 bits per heavy atom. The zero-order valence-electron chi connectivity index (χ0n) is 13.0. The molecule has 0 aromatic heterocycles. The maximum atomic E-state index is 11.2. The van der Waals surface area contributed by atoms with Crippen LogP contribution >= 0.6 is 23.2 Å². The number of carbonyl (C=O) groups is 1. The van der Waals surface area contributed by atoms with Crippen LogP contribution in [0.2, 0.25) is 10.0 Å². The van der Waals surface area contributed by atoms with Gasteiger partial charge in [-0.1, -0.05) is 41.4 Å². The molecule has 0 bridgehead atoms. The molecule has 6 heteroatoms. The predicted octanol–water partition coefficient (Wildman–Crippen LogP) is 5.14. The summed E-state index contributed by atoms with van der Waals surface area (Å²) in [5.74, 6) is -0.0998. The second kappa shape index (κ2) is 7.99. The van der Waals surface area contributed by atoms with Crippen LogP contribution in [0.1, 0.15) is 18.1 Å². The number of amides is 1. The monoisotopic (exact) mass is 362 g/mol. The van der Waals surface area contributed by atoms with E-state index in [0.717, 1.165) is 5.56 Å². The van der Waals surface area contributed by atoms with Crippen molar-refractivity contribution >= 4 is 46.7 Å². The summed E-state index contributed by atoms with van der Waals surface area (Å²) in [7, 11) is 0. The molecule has 2 aromatic rings. The Kier molecular flexibility index (Phi) is 6.01. The second-order valence-electron chi connectivity index (χ2n) is 5.07. The van der Waals surface area contributed by atoms with Crippen molar-refractivity contribution in [3.05, 3.63) is 64.2 Å². The average molecular weight is 363 g/mol. The van der Waals surface area contributed by atoms with Gasteiger partial charge in [0.05, 0.1) is 21.4 Å². The number of rotatable bonds is 5. The maximum Gasteiger partial charge on any atom is 0.221 e. The highest BCUT2D eigenvalue weighted by Crippen LogP contribution is 2.34. The number of nitrogens with one attached hydrogen (secondary N) is 1. The zero-order valence-corrected chi connectivity index (χ0v) is 14.5. The second-order valence-corrected chi connectivity index (χ2v) is 5.89. The van der Waals surface area contributed by atoms with E-state index in [9.17, 15) is 9.90 Å². The van der Waals surface area contributed by atoms with Gasteiger partial charge in [0.25, 0.3) is 0 Å². The molecule has 24 heavy (non-hydrogen) atoms. The third-order valence-electron chi connectivity index (χ3n) is 3.20. The molecule has 0 atom stereocenters. The third-order valence-corrected chi connectivity index (χ3v) is 3.82. The number of allylic oxidation sites excluding steroid dienone is 1. The Labute approximate surface area is 150 Å². The molecule has 0 aliphatic carbocycles. The zero-order chi connectivity index (χ0) is 17.7. The van der Waals surface area contributed by atoms with E-state index in [1.807, 2.05) is 12.1 Å². The number of aromatic hydroxyl groups is 1. The van der Waals surface area contributed by atoms with Crippen molar-refractivity contribution in [2.75, 3.05) is 5.32 Å². The molecule has 0 saturated carbocycles. The van der Waals surface area contributed by atoms with Gasteiger partial charge in [-0.15, -0.1) is 6.58 Å². The van der Waals surface area contributed by atoms with Crippen molar-refractivity contribution < 1.29 is 9.90 Å². The fourth-order valence-electron chi connectivity index (χ4n) is 2.10. The number of hydrogen-bond acceptors (Lipinski definition) is 3. The molecule has 0 aliphatic heterocycles. The molecule has 0 saturated heterocycles. The highest BCUT2D eigenvalue weighted by atomic mass is 35.5. The van der Waals surface area contributed by atoms with Gasteiger partial charge >= 0.3 is 0 Å². The number of para-hydroxylation sites is 1. The minimum atomic E-state index is -0.246. The Morgan fingerprint density at radius 3 is 2.75 bits per heavy atom. The average Bonchev–Trinajstić information content (AvgIpc) is 2.51. The number of anilines is 1. The van der Waals surface area contributed by atoms with Crippen LogP contribution in [0.3, 0.4) is 0 Å². The summed E-state index contributed by atoms with van der Waals surface area (Å²) in [6.07, 6.45) is 3.78. The minimum absolute atomic E-state index is 0.147. The van der Waals surface area contributed by atoms with Crippen molar-refractivity contribution in [3.63, 3.8) is 0 Å². The number of phenols is 1. The molecule has 0 spiro atoms. The van der Waals surface area contributed by atoms with Gasteiger partial charge in [0.15, 0.2) is 0 Å². The van der Waals surface area contributed by atoms with E-state index < -0.39 is 0 Å². The van der Waals surface area contributed by atoms with Gasteiger partial charge in [-0.25, -0.2) is 0 Å². The Balaban J connectivity index is 2.37. The van der Waals surface area contributed by atoms with Crippen molar-refractivity contribution in [1.82, 2.24) is 0 Å². The minimum Gasteiger partial charge on any atom is -0.507 e. The largest absolute Gasteiger partial charge is 0.507 e. The van der Waals surface area contributed by atoms with Gasteiger partial charge < -0.3 is 10.4 Å². The van der Waals surface area contributed by atoms with Crippen LogP contribution in [-0.2, 0) is 11.2 Å². The van der Waals surface area contributed by atoms with Crippen molar-refractivity contribution in [3.8, 4) is 5.75 Å². The SMILES string of the molecule is C=CCc1cccc(C=Nc2cc(NC(C)=O)c(Cl)cc2Cl)c1O. The van der Waals surface area contributed by atoms with Gasteiger partial charge in [0, 0.05) is 18.7 Å². The van der Waals surface area contributed by atoms with Gasteiger partial charge in [-0.05, 0) is 30.2 Å². The van der Waals surface area contributed by atoms with Crippen LogP contribution in [0.15, 0.2) is 48.0 Å². The standard InChI is InChI=1S/C18H16Cl2N2O2/c1-3-5-12-6-4-7-13(18(12)24)10-21-16-9-17(22-11(2)23)15(20)8-14(16)19/h3-4,6-10,24H,1,5H2,2H3,(H,22,23). The first-order chi connectivity index (χ1) is 11.4. The Morgan fingerprint density at radius 1 is 1.33 bits per heavy atom. The molecular weight excluding hydrogens is 347 g/mol. The van der Waals surface area contributed by atoms with E-state index in [4.69, 9.17) is 23.2 Å². The molecule has 0 heterocycles. The Hall–Kier alpha value is -2.30. The first-order valence-corrected chi connectivity index (χ1v) is 7.90. The molecule has 4 nitrogen and oxygen atoms in total. The van der Waals surface area contributed by atoms with E-state index in [-0.39, 0.29) is 11.7 Å². The van der Waals surface area contributed by atoms with Crippen LogP contribution in [0.25, 0.3) is 0 Å². The molecule has 2 N–H and O–H groups in total. The molecule has 2 rings (SSSR count). The quantitative estimate of drug-likeness (QED) is 0.571. The first kappa shape index (κ1) is 18.0. The van der Waals surface area contributed by atoms with E-state index in [2.05, 4.69) is 16.9 Å². The summed E-state index contributed by atoms with van der Waals surface area (Å²) in [6.45, 7) is 5.05. The lowest BCUT2D eigenvalue weighted by molar-refractivity contribution is -0.114. The molecule has 124 valence electrons. The first-order valence-electron chi connectivity index (χ1n) is 7.14. The van der Waals surface area contributed by atoms with Crippen molar-refractivity contribution in [2.45, 2.75) is 13.3 Å². The number of aliphatic imine (C=N–C) groups is 1. The summed E-state index contributed by atoms with van der Waals surface area (Å²) in [5.41, 5.74) is 2.17. The van der Waals surface area contributed by atoms with Crippen LogP contribution in [0, 0.1) is 0 Å². The van der Waals surface area contributed by atoms with Crippen molar-refractivity contribution in [1.29, 1.82) is 0 Å². The van der Waals surface area contributed by atoms with E-state index >= 15 is 0 Å².